The molecule has 1 saturated heterocycles. The van der Waals surface area contributed by atoms with Crippen LogP contribution in [0.15, 0.2) is 36.9 Å². The second-order valence-electron chi connectivity index (χ2n) is 6.25. The van der Waals surface area contributed by atoms with E-state index in [2.05, 4.69) is 29.9 Å². The number of aromatic nitrogens is 3. The van der Waals surface area contributed by atoms with Crippen molar-refractivity contribution >= 4 is 5.91 Å². The molecule has 2 aromatic rings. The molecular formula is C17H22N4O. The molecule has 1 aliphatic rings. The van der Waals surface area contributed by atoms with Gasteiger partial charge in [-0.3, -0.25) is 9.78 Å². The van der Waals surface area contributed by atoms with Crippen LogP contribution in [-0.4, -0.2) is 38.4 Å². The van der Waals surface area contributed by atoms with E-state index in [9.17, 15) is 4.79 Å². The van der Waals surface area contributed by atoms with Crippen LogP contribution in [0.1, 0.15) is 50.0 Å². The number of hydrogen-bond acceptors (Lipinski definition) is 3. The smallest absolute Gasteiger partial charge is 0.245 e. The lowest BCUT2D eigenvalue weighted by atomic mass is 9.92. The number of likely N-dealkylation sites (tertiary alicyclic amines) is 1. The van der Waals surface area contributed by atoms with Crippen molar-refractivity contribution in [2.45, 2.75) is 38.6 Å². The lowest BCUT2D eigenvalue weighted by Gasteiger charge is -2.41. The highest BCUT2D eigenvalue weighted by Crippen LogP contribution is 2.29. The van der Waals surface area contributed by atoms with Crippen molar-refractivity contribution in [3.63, 3.8) is 0 Å². The Morgan fingerprint density at radius 2 is 2.05 bits per heavy atom. The first-order valence-electron chi connectivity index (χ1n) is 7.79. The van der Waals surface area contributed by atoms with Crippen LogP contribution in [0.5, 0.6) is 0 Å². The average Bonchev–Trinajstić information content (AvgIpc) is 2.95. The van der Waals surface area contributed by atoms with E-state index in [1.807, 2.05) is 34.9 Å². The van der Waals surface area contributed by atoms with Gasteiger partial charge >= 0.3 is 0 Å². The van der Waals surface area contributed by atoms with Crippen LogP contribution in [0.4, 0.5) is 0 Å². The minimum absolute atomic E-state index is 0.167. The molecule has 5 nitrogen and oxygen atoms in total. The fraction of sp³-hybridized carbons (Fsp3) is 0.471. The van der Waals surface area contributed by atoms with Gasteiger partial charge in [0.15, 0.2) is 0 Å². The van der Waals surface area contributed by atoms with Gasteiger partial charge in [-0.15, -0.1) is 0 Å². The van der Waals surface area contributed by atoms with Crippen LogP contribution in [0.3, 0.4) is 0 Å². The highest BCUT2D eigenvalue weighted by Gasteiger charge is 2.34. The van der Waals surface area contributed by atoms with Crippen molar-refractivity contribution in [1.29, 1.82) is 0 Å². The number of nitrogens with zero attached hydrogens (tertiary/aromatic N) is 4. The number of hydrogen-bond donors (Lipinski definition) is 0. The molecule has 22 heavy (non-hydrogen) atoms. The van der Waals surface area contributed by atoms with E-state index in [1.54, 1.807) is 12.4 Å². The number of carbonyl (C=O) groups is 1. The second-order valence-corrected chi connectivity index (χ2v) is 6.25. The first kappa shape index (κ1) is 14.8. The predicted molar refractivity (Wildman–Crippen MR) is 84.6 cm³/mol. The minimum atomic E-state index is -0.199. The molecule has 2 aromatic heterocycles. The molecule has 116 valence electrons. The van der Waals surface area contributed by atoms with Gasteiger partial charge in [0.2, 0.25) is 5.91 Å². The first-order valence-corrected chi connectivity index (χ1v) is 7.79. The molecule has 0 radical (unpaired) electrons. The Morgan fingerprint density at radius 1 is 1.27 bits per heavy atom. The summed E-state index contributed by atoms with van der Waals surface area (Å²) in [6, 6.07) is 3.83. The molecule has 0 bridgehead atoms. The van der Waals surface area contributed by atoms with Crippen molar-refractivity contribution in [3.8, 4) is 0 Å². The molecular weight excluding hydrogens is 276 g/mol. The maximum Gasteiger partial charge on any atom is 0.245 e. The predicted octanol–water partition coefficient (Wildman–Crippen LogP) is 2.59. The van der Waals surface area contributed by atoms with Gasteiger partial charge in [0.05, 0.1) is 0 Å². The SMILES string of the molecule is CC(C)c1nccn1[C@@H](C)C(=O)N1CC(c2cccnc2)C1. The molecule has 5 heteroatoms. The summed E-state index contributed by atoms with van der Waals surface area (Å²) in [5.41, 5.74) is 1.21. The molecule has 0 saturated carbocycles. The Morgan fingerprint density at radius 3 is 2.68 bits per heavy atom. The summed E-state index contributed by atoms with van der Waals surface area (Å²) in [6.07, 6.45) is 7.34. The molecule has 3 heterocycles. The summed E-state index contributed by atoms with van der Waals surface area (Å²) in [7, 11) is 0. The van der Waals surface area contributed by atoms with Crippen molar-refractivity contribution in [2.24, 2.45) is 0 Å². The van der Waals surface area contributed by atoms with Gasteiger partial charge in [0, 0.05) is 49.7 Å². The maximum absolute atomic E-state index is 12.6. The maximum atomic E-state index is 12.6. The van der Waals surface area contributed by atoms with E-state index >= 15 is 0 Å². The van der Waals surface area contributed by atoms with Crippen molar-refractivity contribution in [1.82, 2.24) is 19.4 Å². The summed E-state index contributed by atoms with van der Waals surface area (Å²) < 4.78 is 1.99. The van der Waals surface area contributed by atoms with Gasteiger partial charge < -0.3 is 9.47 Å². The van der Waals surface area contributed by atoms with E-state index in [4.69, 9.17) is 0 Å². The summed E-state index contributed by atoms with van der Waals surface area (Å²) in [6.45, 7) is 7.70. The third-order valence-corrected chi connectivity index (χ3v) is 4.34. The topological polar surface area (TPSA) is 51.0 Å². The monoisotopic (exact) mass is 298 g/mol. The highest BCUT2D eigenvalue weighted by molar-refractivity contribution is 5.81. The first-order chi connectivity index (χ1) is 10.6. The van der Waals surface area contributed by atoms with Crippen LogP contribution in [0.25, 0.3) is 0 Å². The Kier molecular flexibility index (Phi) is 3.96. The fourth-order valence-corrected chi connectivity index (χ4v) is 2.97. The number of amides is 1. The molecule has 0 spiro atoms. The Hall–Kier alpha value is -2.17. The van der Waals surface area contributed by atoms with Crippen molar-refractivity contribution in [3.05, 3.63) is 48.3 Å². The Labute approximate surface area is 131 Å². The average molecular weight is 298 g/mol. The highest BCUT2D eigenvalue weighted by atomic mass is 16.2. The summed E-state index contributed by atoms with van der Waals surface area (Å²) in [4.78, 5) is 23.1. The van der Waals surface area contributed by atoms with Gasteiger partial charge in [-0.1, -0.05) is 19.9 Å². The largest absolute Gasteiger partial charge is 0.340 e. The molecule has 1 fully saturated rings. The number of imidazole rings is 1. The summed E-state index contributed by atoms with van der Waals surface area (Å²) >= 11 is 0. The normalized spacial score (nSPS) is 16.6. The second kappa shape index (κ2) is 5.91. The zero-order valence-corrected chi connectivity index (χ0v) is 13.3. The van der Waals surface area contributed by atoms with E-state index < -0.39 is 0 Å². The quantitative estimate of drug-likeness (QED) is 0.871. The molecule has 3 rings (SSSR count). The lowest BCUT2D eigenvalue weighted by Crippen LogP contribution is -2.50. The third-order valence-electron chi connectivity index (χ3n) is 4.34. The fourth-order valence-electron chi connectivity index (χ4n) is 2.97. The van der Waals surface area contributed by atoms with E-state index in [-0.39, 0.29) is 11.9 Å². The van der Waals surface area contributed by atoms with Gasteiger partial charge in [0.1, 0.15) is 11.9 Å². The minimum Gasteiger partial charge on any atom is -0.340 e. The summed E-state index contributed by atoms with van der Waals surface area (Å²) in [5.74, 6) is 1.85. The molecule has 1 aliphatic heterocycles. The van der Waals surface area contributed by atoms with E-state index in [1.165, 1.54) is 5.56 Å². The van der Waals surface area contributed by atoms with Crippen LogP contribution >= 0.6 is 0 Å². The van der Waals surface area contributed by atoms with Gasteiger partial charge in [-0.25, -0.2) is 4.98 Å². The van der Waals surface area contributed by atoms with Crippen LogP contribution in [0.2, 0.25) is 0 Å². The van der Waals surface area contributed by atoms with Crippen LogP contribution in [0, 0.1) is 0 Å². The standard InChI is InChI=1S/C17H22N4O/c1-12(2)16-19-7-8-21(16)13(3)17(22)20-10-15(11-20)14-5-4-6-18-9-14/h4-9,12-13,15H,10-11H2,1-3H3/t13-/m0/s1. The number of rotatable bonds is 4. The molecule has 0 aliphatic carbocycles. The van der Waals surface area contributed by atoms with Crippen molar-refractivity contribution < 1.29 is 4.79 Å². The van der Waals surface area contributed by atoms with Crippen LogP contribution < -0.4 is 0 Å². The third kappa shape index (κ3) is 2.63. The number of pyridine rings is 1. The van der Waals surface area contributed by atoms with Gasteiger partial charge in [0.25, 0.3) is 0 Å². The zero-order chi connectivity index (χ0) is 15.7. The Balaban J connectivity index is 1.65. The molecule has 1 amide bonds. The van der Waals surface area contributed by atoms with E-state index in [0.29, 0.717) is 11.8 Å². The molecule has 0 unspecified atom stereocenters. The number of carbonyl (C=O) groups excluding carboxylic acids is 1. The van der Waals surface area contributed by atoms with Gasteiger partial charge in [-0.2, -0.15) is 0 Å². The Bertz CT molecular complexity index is 644. The zero-order valence-electron chi connectivity index (χ0n) is 13.3. The lowest BCUT2D eigenvalue weighted by molar-refractivity contribution is -0.138. The van der Waals surface area contributed by atoms with E-state index in [0.717, 1.165) is 18.9 Å². The van der Waals surface area contributed by atoms with Crippen molar-refractivity contribution in [2.75, 3.05) is 13.1 Å². The van der Waals surface area contributed by atoms with Gasteiger partial charge in [-0.05, 0) is 18.6 Å². The summed E-state index contributed by atoms with van der Waals surface area (Å²) in [5, 5.41) is 0. The molecule has 1 atom stereocenters. The molecule has 0 N–H and O–H groups in total. The van der Waals surface area contributed by atoms with Crippen LogP contribution in [-0.2, 0) is 4.79 Å². The molecule has 0 aromatic carbocycles.